The molecular weight excluding hydrogens is 432 g/mol. The molecule has 0 spiro atoms. The van der Waals surface area contributed by atoms with Crippen LogP contribution in [0.2, 0.25) is 0 Å². The highest BCUT2D eigenvalue weighted by Crippen LogP contribution is 2.33. The first-order chi connectivity index (χ1) is 16.2. The summed E-state index contributed by atoms with van der Waals surface area (Å²) in [5.74, 6) is 1.97. The molecule has 0 atom stereocenters. The number of nitrogens with zero attached hydrogens (tertiary/aromatic N) is 2. The molecule has 1 amide bonds. The topological polar surface area (TPSA) is 55.6 Å². The molecular formula is C27H22N2O3S. The average Bonchev–Trinajstić information content (AvgIpc) is 3.53. The summed E-state index contributed by atoms with van der Waals surface area (Å²) in [5.41, 5.74) is 2.67. The summed E-state index contributed by atoms with van der Waals surface area (Å²) in [4.78, 5) is 20.1. The van der Waals surface area contributed by atoms with Crippen LogP contribution in [0, 0.1) is 0 Å². The lowest BCUT2D eigenvalue weighted by Gasteiger charge is -2.19. The monoisotopic (exact) mass is 454 g/mol. The summed E-state index contributed by atoms with van der Waals surface area (Å²) in [6.07, 6.45) is 2.50. The van der Waals surface area contributed by atoms with E-state index in [4.69, 9.17) is 14.1 Å². The fraction of sp³-hybridized carbons (Fsp3) is 0.111. The Labute approximate surface area is 195 Å². The van der Waals surface area contributed by atoms with Gasteiger partial charge in [0.2, 0.25) is 0 Å². The molecule has 0 bridgehead atoms. The number of furan rings is 1. The summed E-state index contributed by atoms with van der Waals surface area (Å²) >= 11 is 1.51. The second-order valence-corrected chi connectivity index (χ2v) is 8.53. The Morgan fingerprint density at radius 1 is 0.939 bits per heavy atom. The molecule has 0 N–H and O–H groups in total. The Morgan fingerprint density at radius 3 is 2.45 bits per heavy atom. The van der Waals surface area contributed by atoms with E-state index in [1.54, 1.807) is 35.4 Å². The molecule has 2 aromatic heterocycles. The molecule has 0 aliphatic rings. The molecule has 2 heterocycles. The van der Waals surface area contributed by atoms with Crippen LogP contribution in [0.3, 0.4) is 0 Å². The van der Waals surface area contributed by atoms with Crippen molar-refractivity contribution in [1.82, 2.24) is 4.98 Å². The number of carbonyl (C=O) groups excluding carboxylic acids is 1. The van der Waals surface area contributed by atoms with Crippen molar-refractivity contribution in [2.75, 3.05) is 4.90 Å². The van der Waals surface area contributed by atoms with Crippen LogP contribution in [0.5, 0.6) is 11.5 Å². The highest BCUT2D eigenvalue weighted by atomic mass is 32.1. The number of para-hydroxylation sites is 2. The predicted octanol–water partition coefficient (Wildman–Crippen LogP) is 7.09. The van der Waals surface area contributed by atoms with Crippen molar-refractivity contribution >= 4 is 32.6 Å². The molecule has 0 aliphatic carbocycles. The molecule has 5 rings (SSSR count). The van der Waals surface area contributed by atoms with E-state index in [9.17, 15) is 4.79 Å². The van der Waals surface area contributed by atoms with Gasteiger partial charge in [0.25, 0.3) is 5.91 Å². The van der Waals surface area contributed by atoms with Gasteiger partial charge in [-0.2, -0.15) is 0 Å². The van der Waals surface area contributed by atoms with Crippen LogP contribution in [0.15, 0.2) is 95.6 Å². The number of anilines is 1. The Hall–Kier alpha value is -3.90. The summed E-state index contributed by atoms with van der Waals surface area (Å²) in [5, 5.41) is 0.650. The van der Waals surface area contributed by atoms with Crippen LogP contribution < -0.4 is 9.64 Å². The van der Waals surface area contributed by atoms with Crippen molar-refractivity contribution in [3.8, 4) is 11.5 Å². The maximum Gasteiger partial charge on any atom is 0.260 e. The second-order valence-electron chi connectivity index (χ2n) is 7.52. The third-order valence-corrected chi connectivity index (χ3v) is 6.37. The smallest absolute Gasteiger partial charge is 0.260 e. The molecule has 0 fully saturated rings. The summed E-state index contributed by atoms with van der Waals surface area (Å²) in [6.45, 7) is 2.41. The minimum atomic E-state index is -0.144. The van der Waals surface area contributed by atoms with Crippen molar-refractivity contribution in [3.63, 3.8) is 0 Å². The van der Waals surface area contributed by atoms with Gasteiger partial charge in [-0.1, -0.05) is 48.6 Å². The third-order valence-electron chi connectivity index (χ3n) is 5.32. The summed E-state index contributed by atoms with van der Waals surface area (Å²) < 4.78 is 12.5. The van der Waals surface area contributed by atoms with Crippen LogP contribution in [0.25, 0.3) is 10.2 Å². The molecule has 5 nitrogen and oxygen atoms in total. The molecule has 0 unspecified atom stereocenters. The number of hydrogen-bond acceptors (Lipinski definition) is 5. The highest BCUT2D eigenvalue weighted by molar-refractivity contribution is 7.22. The number of fused-ring (bicyclic) bond motifs is 1. The van der Waals surface area contributed by atoms with E-state index in [1.807, 2.05) is 54.6 Å². The normalized spacial score (nSPS) is 10.9. The standard InChI is InChI=1S/C27H22N2O3S/c1-2-19-8-6-12-24-25(19)28-27(33-24)29(18-23-11-7-17-31-23)26(30)20-13-15-22(16-14-20)32-21-9-4-3-5-10-21/h3-17H,2,18H2,1H3. The van der Waals surface area contributed by atoms with Gasteiger partial charge in [0.1, 0.15) is 17.3 Å². The lowest BCUT2D eigenvalue weighted by molar-refractivity contribution is 0.0983. The fourth-order valence-corrected chi connectivity index (χ4v) is 4.64. The number of benzene rings is 3. The van der Waals surface area contributed by atoms with Gasteiger partial charge in [-0.05, 0) is 66.6 Å². The number of rotatable bonds is 7. The molecule has 0 aliphatic heterocycles. The van der Waals surface area contributed by atoms with Crippen LogP contribution in [0.4, 0.5) is 5.13 Å². The Bertz CT molecular complexity index is 1360. The van der Waals surface area contributed by atoms with Crippen molar-refractivity contribution in [2.24, 2.45) is 0 Å². The first-order valence-electron chi connectivity index (χ1n) is 10.8. The average molecular weight is 455 g/mol. The first-order valence-corrected chi connectivity index (χ1v) is 11.6. The van der Waals surface area contributed by atoms with Gasteiger partial charge in [-0.3, -0.25) is 9.69 Å². The van der Waals surface area contributed by atoms with Gasteiger partial charge in [0.15, 0.2) is 5.13 Å². The van der Waals surface area contributed by atoms with E-state index in [1.165, 1.54) is 16.9 Å². The van der Waals surface area contributed by atoms with E-state index < -0.39 is 0 Å². The number of aryl methyl sites for hydroxylation is 1. The molecule has 33 heavy (non-hydrogen) atoms. The number of amides is 1. The lowest BCUT2D eigenvalue weighted by Crippen LogP contribution is -2.30. The predicted molar refractivity (Wildman–Crippen MR) is 131 cm³/mol. The Balaban J connectivity index is 1.46. The van der Waals surface area contributed by atoms with Gasteiger partial charge in [0, 0.05) is 5.56 Å². The van der Waals surface area contributed by atoms with Gasteiger partial charge in [-0.25, -0.2) is 4.98 Å². The molecule has 0 saturated carbocycles. The van der Waals surface area contributed by atoms with Crippen LogP contribution >= 0.6 is 11.3 Å². The van der Waals surface area contributed by atoms with Gasteiger partial charge >= 0.3 is 0 Å². The van der Waals surface area contributed by atoms with Crippen molar-refractivity contribution < 1.29 is 13.9 Å². The minimum Gasteiger partial charge on any atom is -0.467 e. The van der Waals surface area contributed by atoms with E-state index in [0.29, 0.717) is 28.7 Å². The van der Waals surface area contributed by atoms with Gasteiger partial charge in [-0.15, -0.1) is 0 Å². The zero-order valence-corrected chi connectivity index (χ0v) is 18.9. The SMILES string of the molecule is CCc1cccc2sc(N(Cc3ccco3)C(=O)c3ccc(Oc4ccccc4)cc3)nc12. The number of thiazole rings is 1. The zero-order valence-electron chi connectivity index (χ0n) is 18.1. The van der Waals surface area contributed by atoms with Crippen molar-refractivity contribution in [2.45, 2.75) is 19.9 Å². The number of hydrogen-bond donors (Lipinski definition) is 0. The van der Waals surface area contributed by atoms with Crippen LogP contribution in [-0.2, 0) is 13.0 Å². The molecule has 164 valence electrons. The quantitative estimate of drug-likeness (QED) is 0.263. The summed E-state index contributed by atoms with van der Waals surface area (Å²) in [7, 11) is 0. The molecule has 5 aromatic rings. The second kappa shape index (κ2) is 9.30. The maximum atomic E-state index is 13.6. The van der Waals surface area contributed by atoms with Crippen LogP contribution in [0.1, 0.15) is 28.6 Å². The van der Waals surface area contributed by atoms with E-state index in [2.05, 4.69) is 13.0 Å². The van der Waals surface area contributed by atoms with Crippen molar-refractivity contribution in [3.05, 3.63) is 108 Å². The van der Waals surface area contributed by atoms with E-state index in [-0.39, 0.29) is 5.91 Å². The van der Waals surface area contributed by atoms with Gasteiger partial charge < -0.3 is 9.15 Å². The molecule has 6 heteroatoms. The number of ether oxygens (including phenoxy) is 1. The van der Waals surface area contributed by atoms with Crippen molar-refractivity contribution in [1.29, 1.82) is 0 Å². The highest BCUT2D eigenvalue weighted by Gasteiger charge is 2.23. The fourth-order valence-electron chi connectivity index (χ4n) is 3.63. The van der Waals surface area contributed by atoms with Gasteiger partial charge in [0.05, 0.1) is 23.0 Å². The van der Waals surface area contributed by atoms with E-state index in [0.717, 1.165) is 22.4 Å². The molecule has 0 radical (unpaired) electrons. The number of aromatic nitrogens is 1. The first kappa shape index (κ1) is 21.0. The Kier molecular flexibility index (Phi) is 5.91. The van der Waals surface area contributed by atoms with Crippen LogP contribution in [-0.4, -0.2) is 10.9 Å². The largest absolute Gasteiger partial charge is 0.467 e. The zero-order chi connectivity index (χ0) is 22.6. The lowest BCUT2D eigenvalue weighted by atomic mass is 10.1. The third kappa shape index (κ3) is 4.52. The Morgan fingerprint density at radius 2 is 1.73 bits per heavy atom. The number of carbonyl (C=O) groups is 1. The molecule has 0 saturated heterocycles. The molecule has 3 aromatic carbocycles. The maximum absolute atomic E-state index is 13.6. The summed E-state index contributed by atoms with van der Waals surface area (Å²) in [6, 6.07) is 26.6. The van der Waals surface area contributed by atoms with E-state index >= 15 is 0 Å². The minimum absolute atomic E-state index is 0.144.